The first-order valence-corrected chi connectivity index (χ1v) is 5.69. The minimum atomic E-state index is -0.0618. The summed E-state index contributed by atoms with van der Waals surface area (Å²) < 4.78 is 0. The Hall–Kier alpha value is -1.57. The highest BCUT2D eigenvalue weighted by atomic mass is 16.1. The molecule has 1 N–H and O–H groups in total. The predicted octanol–water partition coefficient (Wildman–Crippen LogP) is 2.54. The fourth-order valence-corrected chi connectivity index (χ4v) is 2.29. The fraction of sp³-hybridized carbons (Fsp3) is 0.357. The van der Waals surface area contributed by atoms with E-state index in [1.807, 2.05) is 0 Å². The molecule has 0 spiro atoms. The van der Waals surface area contributed by atoms with Gasteiger partial charge in [-0.1, -0.05) is 30.8 Å². The Morgan fingerprint density at radius 1 is 1.44 bits per heavy atom. The number of carbonyl (C=O) groups is 1. The molecule has 0 heterocycles. The van der Waals surface area contributed by atoms with E-state index in [2.05, 4.69) is 43.1 Å². The molecule has 1 amide bonds. The first-order chi connectivity index (χ1) is 7.70. The van der Waals surface area contributed by atoms with Gasteiger partial charge >= 0.3 is 0 Å². The van der Waals surface area contributed by atoms with E-state index in [0.717, 1.165) is 12.8 Å². The third kappa shape index (κ3) is 2.16. The summed E-state index contributed by atoms with van der Waals surface area (Å²) in [4.78, 5) is 11.1. The van der Waals surface area contributed by atoms with E-state index in [4.69, 9.17) is 0 Å². The van der Waals surface area contributed by atoms with Gasteiger partial charge in [-0.3, -0.25) is 4.79 Å². The Morgan fingerprint density at radius 3 is 2.75 bits per heavy atom. The monoisotopic (exact) mass is 215 g/mol. The van der Waals surface area contributed by atoms with E-state index >= 15 is 0 Å². The van der Waals surface area contributed by atoms with Crippen molar-refractivity contribution in [2.24, 2.45) is 0 Å². The van der Waals surface area contributed by atoms with E-state index in [1.165, 1.54) is 17.2 Å². The van der Waals surface area contributed by atoms with E-state index in [9.17, 15) is 4.79 Å². The molecule has 2 rings (SSSR count). The third-order valence-electron chi connectivity index (χ3n) is 3.30. The Balaban J connectivity index is 1.91. The molecule has 0 aromatic heterocycles. The van der Waals surface area contributed by atoms with Gasteiger partial charge in [-0.05, 0) is 42.9 Å². The van der Waals surface area contributed by atoms with Crippen LogP contribution in [0.3, 0.4) is 0 Å². The zero-order valence-electron chi connectivity index (χ0n) is 9.57. The molecule has 1 aliphatic rings. The van der Waals surface area contributed by atoms with Crippen LogP contribution in [0.1, 0.15) is 29.9 Å². The Labute approximate surface area is 96.4 Å². The second kappa shape index (κ2) is 4.52. The summed E-state index contributed by atoms with van der Waals surface area (Å²) in [5.74, 6) is 0.546. The van der Waals surface area contributed by atoms with Crippen molar-refractivity contribution in [1.29, 1.82) is 0 Å². The quantitative estimate of drug-likeness (QED) is 0.771. The van der Waals surface area contributed by atoms with Crippen LogP contribution in [0.2, 0.25) is 0 Å². The van der Waals surface area contributed by atoms with Crippen molar-refractivity contribution in [3.8, 4) is 0 Å². The lowest BCUT2D eigenvalue weighted by atomic mass is 9.74. The minimum Gasteiger partial charge on any atom is -0.350 e. The highest BCUT2D eigenvalue weighted by Gasteiger charge is 2.31. The molecule has 0 aliphatic heterocycles. The summed E-state index contributed by atoms with van der Waals surface area (Å²) in [6, 6.07) is 8.80. The number of carbonyl (C=O) groups excluding carboxylic acids is 1. The lowest BCUT2D eigenvalue weighted by Gasteiger charge is -2.36. The van der Waals surface area contributed by atoms with Crippen LogP contribution in [-0.4, -0.2) is 11.9 Å². The van der Waals surface area contributed by atoms with Gasteiger partial charge < -0.3 is 5.32 Å². The van der Waals surface area contributed by atoms with Crippen molar-refractivity contribution in [3.05, 3.63) is 48.0 Å². The molecule has 84 valence electrons. The molecule has 16 heavy (non-hydrogen) atoms. The molecule has 1 aliphatic carbocycles. The molecular weight excluding hydrogens is 198 g/mol. The molecule has 1 fully saturated rings. The van der Waals surface area contributed by atoms with Crippen LogP contribution in [0.5, 0.6) is 0 Å². The zero-order chi connectivity index (χ0) is 11.5. The van der Waals surface area contributed by atoms with Gasteiger partial charge in [-0.2, -0.15) is 0 Å². The molecular formula is C14H17NO. The van der Waals surface area contributed by atoms with E-state index in [1.54, 1.807) is 0 Å². The van der Waals surface area contributed by atoms with Crippen LogP contribution < -0.4 is 5.32 Å². The highest BCUT2D eigenvalue weighted by molar-refractivity contribution is 5.87. The van der Waals surface area contributed by atoms with Gasteiger partial charge in [0.25, 0.3) is 0 Å². The molecule has 1 aromatic carbocycles. The Kier molecular flexibility index (Phi) is 3.09. The smallest absolute Gasteiger partial charge is 0.243 e. The average molecular weight is 215 g/mol. The zero-order valence-corrected chi connectivity index (χ0v) is 9.57. The second-order valence-electron chi connectivity index (χ2n) is 4.43. The fourth-order valence-electron chi connectivity index (χ4n) is 2.29. The van der Waals surface area contributed by atoms with Crippen LogP contribution in [-0.2, 0) is 4.79 Å². The predicted molar refractivity (Wildman–Crippen MR) is 65.3 cm³/mol. The summed E-state index contributed by atoms with van der Waals surface area (Å²) in [5.41, 5.74) is 2.77. The SMILES string of the molecule is C=CC(=O)NC1CC(c2ccccc2C)C1. The lowest BCUT2D eigenvalue weighted by Crippen LogP contribution is -2.42. The maximum atomic E-state index is 11.1. The van der Waals surface area contributed by atoms with Gasteiger partial charge in [0, 0.05) is 6.04 Å². The number of nitrogens with one attached hydrogen (secondary N) is 1. The third-order valence-corrected chi connectivity index (χ3v) is 3.30. The van der Waals surface area contributed by atoms with Crippen LogP contribution in [0, 0.1) is 6.92 Å². The van der Waals surface area contributed by atoms with Crippen molar-refractivity contribution in [3.63, 3.8) is 0 Å². The van der Waals surface area contributed by atoms with Crippen LogP contribution in [0.15, 0.2) is 36.9 Å². The first-order valence-electron chi connectivity index (χ1n) is 5.69. The van der Waals surface area contributed by atoms with Crippen molar-refractivity contribution in [2.75, 3.05) is 0 Å². The number of amides is 1. The van der Waals surface area contributed by atoms with Crippen LogP contribution in [0.25, 0.3) is 0 Å². The Bertz CT molecular complexity index is 405. The summed E-state index contributed by atoms with van der Waals surface area (Å²) in [6.45, 7) is 5.60. The standard InChI is InChI=1S/C14H17NO/c1-3-14(16)15-12-8-11(9-12)13-7-5-4-6-10(13)2/h3-7,11-12H,1,8-9H2,2H3,(H,15,16). The van der Waals surface area contributed by atoms with Gasteiger partial charge in [-0.25, -0.2) is 0 Å². The number of hydrogen-bond acceptors (Lipinski definition) is 1. The largest absolute Gasteiger partial charge is 0.350 e. The molecule has 0 unspecified atom stereocenters. The second-order valence-corrected chi connectivity index (χ2v) is 4.43. The van der Waals surface area contributed by atoms with Crippen LogP contribution >= 0.6 is 0 Å². The highest BCUT2D eigenvalue weighted by Crippen LogP contribution is 2.38. The van der Waals surface area contributed by atoms with Crippen molar-refractivity contribution < 1.29 is 4.79 Å². The first kappa shape index (κ1) is 10.9. The van der Waals surface area contributed by atoms with Gasteiger partial charge in [0.1, 0.15) is 0 Å². The molecule has 0 atom stereocenters. The Morgan fingerprint density at radius 2 is 2.12 bits per heavy atom. The molecule has 0 bridgehead atoms. The van der Waals surface area contributed by atoms with E-state index < -0.39 is 0 Å². The van der Waals surface area contributed by atoms with Gasteiger partial charge in [0.15, 0.2) is 0 Å². The van der Waals surface area contributed by atoms with Gasteiger partial charge in [0.2, 0.25) is 5.91 Å². The van der Waals surface area contributed by atoms with E-state index in [-0.39, 0.29) is 5.91 Å². The van der Waals surface area contributed by atoms with Gasteiger partial charge in [0.05, 0.1) is 0 Å². The number of benzene rings is 1. The number of hydrogen-bond donors (Lipinski definition) is 1. The molecule has 2 nitrogen and oxygen atoms in total. The van der Waals surface area contributed by atoms with Gasteiger partial charge in [-0.15, -0.1) is 0 Å². The molecule has 0 saturated heterocycles. The topological polar surface area (TPSA) is 29.1 Å². The summed E-state index contributed by atoms with van der Waals surface area (Å²) >= 11 is 0. The summed E-state index contributed by atoms with van der Waals surface area (Å²) in [7, 11) is 0. The average Bonchev–Trinajstić information content (AvgIpc) is 2.24. The summed E-state index contributed by atoms with van der Waals surface area (Å²) in [5, 5.41) is 2.93. The molecule has 1 saturated carbocycles. The van der Waals surface area contributed by atoms with Crippen molar-refractivity contribution >= 4 is 5.91 Å². The molecule has 2 heteroatoms. The normalized spacial score (nSPS) is 23.3. The minimum absolute atomic E-state index is 0.0618. The van der Waals surface area contributed by atoms with E-state index in [0.29, 0.717) is 12.0 Å². The maximum absolute atomic E-state index is 11.1. The summed E-state index contributed by atoms with van der Waals surface area (Å²) in [6.07, 6.45) is 3.43. The van der Waals surface area contributed by atoms with Crippen molar-refractivity contribution in [1.82, 2.24) is 5.32 Å². The maximum Gasteiger partial charge on any atom is 0.243 e. The lowest BCUT2D eigenvalue weighted by molar-refractivity contribution is -0.117. The molecule has 1 aromatic rings. The number of aryl methyl sites for hydroxylation is 1. The van der Waals surface area contributed by atoms with Crippen molar-refractivity contribution in [2.45, 2.75) is 31.7 Å². The molecule has 0 radical (unpaired) electrons. The van der Waals surface area contributed by atoms with Crippen LogP contribution in [0.4, 0.5) is 0 Å². The number of rotatable bonds is 3.